The fourth-order valence-corrected chi connectivity index (χ4v) is 2.26. The van der Waals surface area contributed by atoms with Crippen LogP contribution >= 0.6 is 0 Å². The van der Waals surface area contributed by atoms with Crippen LogP contribution in [0.5, 0.6) is 0 Å². The molecule has 2 aromatic carbocycles. The van der Waals surface area contributed by atoms with E-state index in [9.17, 15) is 18.0 Å². The van der Waals surface area contributed by atoms with Gasteiger partial charge in [-0.3, -0.25) is 0 Å². The van der Waals surface area contributed by atoms with E-state index >= 15 is 0 Å². The van der Waals surface area contributed by atoms with Gasteiger partial charge in [0, 0.05) is 5.56 Å². The van der Waals surface area contributed by atoms with Gasteiger partial charge >= 0.3 is 12.1 Å². The van der Waals surface area contributed by atoms with Crippen molar-refractivity contribution in [3.8, 4) is 11.5 Å². The van der Waals surface area contributed by atoms with Crippen molar-refractivity contribution in [3.63, 3.8) is 0 Å². The van der Waals surface area contributed by atoms with Crippen LogP contribution in [0.3, 0.4) is 0 Å². The number of ether oxygens (including phenoxy) is 1. The van der Waals surface area contributed by atoms with E-state index in [1.54, 1.807) is 6.07 Å². The number of nitrogens with zero attached hydrogens (tertiary/aromatic N) is 1. The Bertz CT molecular complexity index is 884. The molecule has 0 fully saturated rings. The number of para-hydroxylation sites is 1. The molecule has 3 rings (SSSR count). The maximum atomic E-state index is 13.1. The largest absolute Gasteiger partial charge is 0.465 e. The molecule has 0 aliphatic carbocycles. The summed E-state index contributed by atoms with van der Waals surface area (Å²) in [4.78, 5) is 15.8. The summed E-state index contributed by atoms with van der Waals surface area (Å²) in [7, 11) is 1.21. The van der Waals surface area contributed by atoms with Crippen molar-refractivity contribution in [2.75, 3.05) is 7.11 Å². The molecule has 0 saturated carbocycles. The van der Waals surface area contributed by atoms with E-state index in [2.05, 4.69) is 9.72 Å². The summed E-state index contributed by atoms with van der Waals surface area (Å²) in [5.41, 5.74) is -0.547. The molecule has 7 heteroatoms. The van der Waals surface area contributed by atoms with Gasteiger partial charge in [-0.15, -0.1) is 0 Å². The van der Waals surface area contributed by atoms with E-state index < -0.39 is 17.7 Å². The molecule has 0 saturated heterocycles. The smallest absolute Gasteiger partial charge is 0.417 e. The minimum Gasteiger partial charge on any atom is -0.465 e. The Labute approximate surface area is 128 Å². The zero-order valence-corrected chi connectivity index (χ0v) is 11.8. The summed E-state index contributed by atoms with van der Waals surface area (Å²) in [5, 5.41) is 0. The molecule has 0 atom stereocenters. The van der Waals surface area contributed by atoms with Crippen molar-refractivity contribution >= 4 is 17.1 Å². The standard InChI is InChI=1S/C16H10F3NO3/c1-22-15(21)10-6-4-8-12-13(10)20-14(23-12)9-5-2-3-7-11(9)16(17,18)19/h2-8H,1H3. The summed E-state index contributed by atoms with van der Waals surface area (Å²) in [5.74, 6) is -0.844. The van der Waals surface area contributed by atoms with Crippen LogP contribution in [0.2, 0.25) is 0 Å². The van der Waals surface area contributed by atoms with E-state index in [-0.39, 0.29) is 28.1 Å². The number of benzene rings is 2. The van der Waals surface area contributed by atoms with Gasteiger partial charge in [0.15, 0.2) is 5.58 Å². The second kappa shape index (κ2) is 5.42. The van der Waals surface area contributed by atoms with Crippen molar-refractivity contribution in [1.82, 2.24) is 4.98 Å². The number of fused-ring (bicyclic) bond motifs is 1. The van der Waals surface area contributed by atoms with Crippen LogP contribution in [-0.4, -0.2) is 18.1 Å². The lowest BCUT2D eigenvalue weighted by molar-refractivity contribution is -0.137. The Balaban J connectivity index is 2.22. The molecule has 1 heterocycles. The highest BCUT2D eigenvalue weighted by Gasteiger charge is 2.34. The van der Waals surface area contributed by atoms with Gasteiger partial charge in [-0.2, -0.15) is 13.2 Å². The first-order chi connectivity index (χ1) is 10.9. The zero-order chi connectivity index (χ0) is 16.6. The molecule has 23 heavy (non-hydrogen) atoms. The lowest BCUT2D eigenvalue weighted by atomic mass is 10.1. The van der Waals surface area contributed by atoms with Crippen molar-refractivity contribution in [3.05, 3.63) is 53.6 Å². The minimum absolute atomic E-state index is 0.129. The average Bonchev–Trinajstić information content (AvgIpc) is 2.97. The Morgan fingerprint density at radius 3 is 2.57 bits per heavy atom. The molecular formula is C16H10F3NO3. The Morgan fingerprint density at radius 1 is 1.13 bits per heavy atom. The van der Waals surface area contributed by atoms with Crippen molar-refractivity contribution in [1.29, 1.82) is 0 Å². The van der Waals surface area contributed by atoms with E-state index in [0.717, 1.165) is 6.07 Å². The van der Waals surface area contributed by atoms with Gasteiger partial charge in [-0.25, -0.2) is 9.78 Å². The number of carbonyl (C=O) groups excluding carboxylic acids is 1. The number of methoxy groups -OCH3 is 1. The molecular weight excluding hydrogens is 311 g/mol. The van der Waals surface area contributed by atoms with Crippen molar-refractivity contribution in [2.24, 2.45) is 0 Å². The summed E-state index contributed by atoms with van der Waals surface area (Å²) < 4.78 is 49.4. The number of carbonyl (C=O) groups is 1. The van der Waals surface area contributed by atoms with E-state index in [4.69, 9.17) is 4.42 Å². The summed E-state index contributed by atoms with van der Waals surface area (Å²) in [6.07, 6.45) is -4.54. The topological polar surface area (TPSA) is 52.3 Å². The third kappa shape index (κ3) is 2.65. The Morgan fingerprint density at radius 2 is 1.87 bits per heavy atom. The molecule has 3 aromatic rings. The predicted octanol–water partition coefficient (Wildman–Crippen LogP) is 4.30. The molecule has 0 unspecified atom stereocenters. The van der Waals surface area contributed by atoms with E-state index in [0.29, 0.717) is 0 Å². The highest BCUT2D eigenvalue weighted by molar-refractivity contribution is 6.01. The molecule has 4 nitrogen and oxygen atoms in total. The highest BCUT2D eigenvalue weighted by Crippen LogP contribution is 2.37. The van der Waals surface area contributed by atoms with Crippen LogP contribution in [0, 0.1) is 0 Å². The summed E-state index contributed by atoms with van der Waals surface area (Å²) in [6, 6.07) is 9.50. The summed E-state index contributed by atoms with van der Waals surface area (Å²) >= 11 is 0. The quantitative estimate of drug-likeness (QED) is 0.660. The van der Waals surface area contributed by atoms with E-state index in [1.807, 2.05) is 0 Å². The summed E-state index contributed by atoms with van der Waals surface area (Å²) in [6.45, 7) is 0. The molecule has 0 amide bonds. The average molecular weight is 321 g/mol. The van der Waals surface area contributed by atoms with Crippen LogP contribution < -0.4 is 0 Å². The number of halogens is 3. The molecule has 0 N–H and O–H groups in total. The number of hydrogen-bond donors (Lipinski definition) is 0. The van der Waals surface area contributed by atoms with Crippen LogP contribution in [0.15, 0.2) is 46.9 Å². The Kier molecular flexibility index (Phi) is 3.55. The van der Waals surface area contributed by atoms with Gasteiger partial charge in [0.05, 0.1) is 18.2 Å². The molecule has 0 aliphatic heterocycles. The van der Waals surface area contributed by atoms with Gasteiger partial charge in [0.2, 0.25) is 5.89 Å². The Hall–Kier alpha value is -2.83. The van der Waals surface area contributed by atoms with Gasteiger partial charge in [-0.1, -0.05) is 18.2 Å². The third-order valence-electron chi connectivity index (χ3n) is 3.29. The number of aromatic nitrogens is 1. The lowest BCUT2D eigenvalue weighted by Gasteiger charge is -2.09. The first kappa shape index (κ1) is 15.1. The highest BCUT2D eigenvalue weighted by atomic mass is 19.4. The van der Waals surface area contributed by atoms with E-state index in [1.165, 1.54) is 37.4 Å². The van der Waals surface area contributed by atoms with Gasteiger partial charge in [-0.05, 0) is 24.3 Å². The number of hydrogen-bond acceptors (Lipinski definition) is 4. The van der Waals surface area contributed by atoms with Crippen molar-refractivity contribution in [2.45, 2.75) is 6.18 Å². The van der Waals surface area contributed by atoms with Gasteiger partial charge in [0.1, 0.15) is 5.52 Å². The van der Waals surface area contributed by atoms with Crippen molar-refractivity contribution < 1.29 is 27.1 Å². The van der Waals surface area contributed by atoms with Gasteiger partial charge < -0.3 is 9.15 Å². The molecule has 0 aliphatic rings. The van der Waals surface area contributed by atoms with Crippen LogP contribution in [0.4, 0.5) is 13.2 Å². The SMILES string of the molecule is COC(=O)c1cccc2oc(-c3ccccc3C(F)(F)F)nc12. The lowest BCUT2D eigenvalue weighted by Crippen LogP contribution is -2.06. The molecule has 118 valence electrons. The normalized spacial score (nSPS) is 11.7. The first-order valence-electron chi connectivity index (χ1n) is 6.56. The molecule has 0 spiro atoms. The molecule has 0 bridgehead atoms. The minimum atomic E-state index is -4.54. The zero-order valence-electron chi connectivity index (χ0n) is 11.8. The maximum absolute atomic E-state index is 13.1. The number of oxazole rings is 1. The second-order valence-corrected chi connectivity index (χ2v) is 4.71. The fourth-order valence-electron chi connectivity index (χ4n) is 2.26. The fraction of sp³-hybridized carbons (Fsp3) is 0.125. The first-order valence-corrected chi connectivity index (χ1v) is 6.56. The monoisotopic (exact) mass is 321 g/mol. The predicted molar refractivity (Wildman–Crippen MR) is 75.8 cm³/mol. The second-order valence-electron chi connectivity index (χ2n) is 4.71. The number of esters is 1. The third-order valence-corrected chi connectivity index (χ3v) is 3.29. The van der Waals surface area contributed by atoms with Crippen LogP contribution in [0.25, 0.3) is 22.6 Å². The maximum Gasteiger partial charge on any atom is 0.417 e. The van der Waals surface area contributed by atoms with Crippen LogP contribution in [-0.2, 0) is 10.9 Å². The number of rotatable bonds is 2. The molecule has 0 radical (unpaired) electrons. The van der Waals surface area contributed by atoms with Gasteiger partial charge in [0.25, 0.3) is 0 Å². The molecule has 1 aromatic heterocycles. The van der Waals surface area contributed by atoms with Crippen LogP contribution in [0.1, 0.15) is 15.9 Å². The number of alkyl halides is 3.